The van der Waals surface area contributed by atoms with Crippen LogP contribution in [0, 0.1) is 5.92 Å². The van der Waals surface area contributed by atoms with Gasteiger partial charge < -0.3 is 9.64 Å². The molecule has 0 radical (unpaired) electrons. The average molecular weight is 377 g/mol. The molecule has 0 N–H and O–H groups in total. The zero-order valence-electron chi connectivity index (χ0n) is 10.7. The predicted molar refractivity (Wildman–Crippen MR) is 83.6 cm³/mol. The van der Waals surface area contributed by atoms with Crippen LogP contribution >= 0.6 is 31.9 Å². The Morgan fingerprint density at radius 1 is 1.33 bits per heavy atom. The van der Waals surface area contributed by atoms with Gasteiger partial charge in [-0.05, 0) is 36.5 Å². The molecule has 18 heavy (non-hydrogen) atoms. The molecular formula is C14H19Br2NO. The van der Waals surface area contributed by atoms with Crippen molar-refractivity contribution in [2.75, 3.05) is 31.7 Å². The van der Waals surface area contributed by atoms with Crippen LogP contribution in [-0.2, 0) is 10.1 Å². The highest BCUT2D eigenvalue weighted by Gasteiger charge is 2.19. The van der Waals surface area contributed by atoms with E-state index in [0.717, 1.165) is 30.9 Å². The highest BCUT2D eigenvalue weighted by molar-refractivity contribution is 9.10. The van der Waals surface area contributed by atoms with Gasteiger partial charge in [0.25, 0.3) is 0 Å². The maximum absolute atomic E-state index is 5.24. The molecule has 2 rings (SSSR count). The van der Waals surface area contributed by atoms with E-state index >= 15 is 0 Å². The standard InChI is InChI=1S/C14H19Br2NO/c1-18-10-11-4-6-17(7-5-11)13-3-2-12(9-15)14(16)8-13/h2-3,8,11H,4-7,9-10H2,1H3. The molecule has 0 bridgehead atoms. The van der Waals surface area contributed by atoms with E-state index in [0.29, 0.717) is 0 Å². The smallest absolute Gasteiger partial charge is 0.0491 e. The molecule has 0 aromatic heterocycles. The molecule has 1 heterocycles. The molecule has 0 spiro atoms. The normalized spacial score (nSPS) is 17.2. The Morgan fingerprint density at radius 2 is 2.06 bits per heavy atom. The summed E-state index contributed by atoms with van der Waals surface area (Å²) in [5.74, 6) is 0.733. The molecule has 2 nitrogen and oxygen atoms in total. The van der Waals surface area contributed by atoms with E-state index < -0.39 is 0 Å². The molecule has 1 fully saturated rings. The van der Waals surface area contributed by atoms with Crippen molar-refractivity contribution in [2.45, 2.75) is 18.2 Å². The summed E-state index contributed by atoms with van der Waals surface area (Å²) in [4.78, 5) is 2.47. The Kier molecular flexibility index (Phi) is 5.52. The zero-order valence-corrected chi connectivity index (χ0v) is 13.8. The van der Waals surface area contributed by atoms with Gasteiger partial charge in [0.15, 0.2) is 0 Å². The molecule has 1 aromatic carbocycles. The summed E-state index contributed by atoms with van der Waals surface area (Å²) in [6.45, 7) is 3.17. The third-order valence-electron chi connectivity index (χ3n) is 3.56. The fourth-order valence-electron chi connectivity index (χ4n) is 2.43. The van der Waals surface area contributed by atoms with E-state index in [4.69, 9.17) is 4.74 Å². The minimum Gasteiger partial charge on any atom is -0.384 e. The molecule has 4 heteroatoms. The van der Waals surface area contributed by atoms with Crippen molar-refractivity contribution in [2.24, 2.45) is 5.92 Å². The Balaban J connectivity index is 1.99. The van der Waals surface area contributed by atoms with Gasteiger partial charge in [0, 0.05) is 42.3 Å². The van der Waals surface area contributed by atoms with Crippen LogP contribution < -0.4 is 4.90 Å². The van der Waals surface area contributed by atoms with Crippen molar-refractivity contribution < 1.29 is 4.74 Å². The van der Waals surface area contributed by atoms with Gasteiger partial charge in [-0.3, -0.25) is 0 Å². The van der Waals surface area contributed by atoms with Gasteiger partial charge in [0.05, 0.1) is 0 Å². The molecule has 100 valence electrons. The van der Waals surface area contributed by atoms with Crippen LogP contribution in [0.2, 0.25) is 0 Å². The first-order chi connectivity index (χ1) is 8.74. The molecule has 1 aliphatic heterocycles. The van der Waals surface area contributed by atoms with Gasteiger partial charge in [-0.15, -0.1) is 0 Å². The molecule has 0 saturated carbocycles. The number of ether oxygens (including phenoxy) is 1. The summed E-state index contributed by atoms with van der Waals surface area (Å²) in [7, 11) is 1.79. The van der Waals surface area contributed by atoms with E-state index in [9.17, 15) is 0 Å². The molecule has 1 saturated heterocycles. The number of halogens is 2. The van der Waals surface area contributed by atoms with Crippen molar-refractivity contribution in [1.29, 1.82) is 0 Å². The molecule has 1 aromatic rings. The second kappa shape index (κ2) is 6.92. The summed E-state index contributed by atoms with van der Waals surface area (Å²) < 4.78 is 6.43. The topological polar surface area (TPSA) is 12.5 Å². The fourth-order valence-corrected chi connectivity index (χ4v) is 3.81. The monoisotopic (exact) mass is 375 g/mol. The predicted octanol–water partition coefficient (Wildman–Crippen LogP) is 4.21. The van der Waals surface area contributed by atoms with Crippen molar-refractivity contribution in [3.63, 3.8) is 0 Å². The van der Waals surface area contributed by atoms with Crippen LogP contribution in [0.1, 0.15) is 18.4 Å². The summed E-state index contributed by atoms with van der Waals surface area (Å²) in [5, 5.41) is 0.893. The number of methoxy groups -OCH3 is 1. The quantitative estimate of drug-likeness (QED) is 0.730. The minimum atomic E-state index is 0.733. The van der Waals surface area contributed by atoms with Gasteiger partial charge in [-0.25, -0.2) is 0 Å². The summed E-state index contributed by atoms with van der Waals surface area (Å²) in [6, 6.07) is 6.64. The van der Waals surface area contributed by atoms with E-state index in [1.165, 1.54) is 28.6 Å². The van der Waals surface area contributed by atoms with Crippen LogP contribution in [-0.4, -0.2) is 26.8 Å². The highest BCUT2D eigenvalue weighted by Crippen LogP contribution is 2.28. The van der Waals surface area contributed by atoms with Crippen LogP contribution in [0.4, 0.5) is 5.69 Å². The van der Waals surface area contributed by atoms with E-state index in [-0.39, 0.29) is 0 Å². The minimum absolute atomic E-state index is 0.733. The fraction of sp³-hybridized carbons (Fsp3) is 0.571. The SMILES string of the molecule is COCC1CCN(c2ccc(CBr)c(Br)c2)CC1. The number of hydrogen-bond acceptors (Lipinski definition) is 2. The van der Waals surface area contributed by atoms with E-state index in [1.807, 2.05) is 0 Å². The van der Waals surface area contributed by atoms with E-state index in [1.54, 1.807) is 7.11 Å². The van der Waals surface area contributed by atoms with Gasteiger partial charge in [0.2, 0.25) is 0 Å². The zero-order chi connectivity index (χ0) is 13.0. The number of nitrogens with zero attached hydrogens (tertiary/aromatic N) is 1. The molecule has 0 unspecified atom stereocenters. The number of piperidine rings is 1. The first kappa shape index (κ1) is 14.4. The third-order valence-corrected chi connectivity index (χ3v) is 4.90. The van der Waals surface area contributed by atoms with Crippen LogP contribution in [0.3, 0.4) is 0 Å². The first-order valence-electron chi connectivity index (χ1n) is 6.33. The Bertz CT molecular complexity index is 389. The van der Waals surface area contributed by atoms with Gasteiger partial charge >= 0.3 is 0 Å². The van der Waals surface area contributed by atoms with Crippen LogP contribution in [0.25, 0.3) is 0 Å². The van der Waals surface area contributed by atoms with Crippen molar-refractivity contribution in [3.05, 3.63) is 28.2 Å². The number of benzene rings is 1. The maximum Gasteiger partial charge on any atom is 0.0491 e. The lowest BCUT2D eigenvalue weighted by Crippen LogP contribution is -2.34. The van der Waals surface area contributed by atoms with Crippen LogP contribution in [0.5, 0.6) is 0 Å². The van der Waals surface area contributed by atoms with Crippen LogP contribution in [0.15, 0.2) is 22.7 Å². The van der Waals surface area contributed by atoms with Gasteiger partial charge in [-0.2, -0.15) is 0 Å². The molecule has 1 aliphatic rings. The Hall–Kier alpha value is -0.0600. The van der Waals surface area contributed by atoms with Gasteiger partial charge in [-0.1, -0.05) is 37.9 Å². The lowest BCUT2D eigenvalue weighted by molar-refractivity contribution is 0.139. The van der Waals surface area contributed by atoms with Crippen molar-refractivity contribution >= 4 is 37.5 Å². The molecule has 0 amide bonds. The van der Waals surface area contributed by atoms with Crippen molar-refractivity contribution in [1.82, 2.24) is 0 Å². The van der Waals surface area contributed by atoms with Gasteiger partial charge in [0.1, 0.15) is 0 Å². The summed E-state index contributed by atoms with van der Waals surface area (Å²) >= 11 is 7.13. The summed E-state index contributed by atoms with van der Waals surface area (Å²) in [5.41, 5.74) is 2.62. The lowest BCUT2D eigenvalue weighted by Gasteiger charge is -2.33. The first-order valence-corrected chi connectivity index (χ1v) is 8.24. The second-order valence-electron chi connectivity index (χ2n) is 4.80. The number of rotatable bonds is 4. The van der Waals surface area contributed by atoms with Crippen molar-refractivity contribution in [3.8, 4) is 0 Å². The lowest BCUT2D eigenvalue weighted by atomic mass is 9.97. The molecular weight excluding hydrogens is 358 g/mol. The second-order valence-corrected chi connectivity index (χ2v) is 6.21. The summed E-state index contributed by atoms with van der Waals surface area (Å²) in [6.07, 6.45) is 2.46. The molecule has 0 aliphatic carbocycles. The Morgan fingerprint density at radius 3 is 2.61 bits per heavy atom. The number of anilines is 1. The highest BCUT2D eigenvalue weighted by atomic mass is 79.9. The van der Waals surface area contributed by atoms with E-state index in [2.05, 4.69) is 55.0 Å². The Labute approximate surface area is 126 Å². The third kappa shape index (κ3) is 3.49. The average Bonchev–Trinajstić information content (AvgIpc) is 2.40. The number of alkyl halides is 1. The largest absolute Gasteiger partial charge is 0.384 e. The molecule has 0 atom stereocenters. The number of hydrogen-bond donors (Lipinski definition) is 0. The maximum atomic E-state index is 5.24.